The quantitative estimate of drug-likeness (QED) is 0.739. The van der Waals surface area contributed by atoms with Gasteiger partial charge in [-0.25, -0.2) is 0 Å². The van der Waals surface area contributed by atoms with Gasteiger partial charge >= 0.3 is 0 Å². The van der Waals surface area contributed by atoms with Crippen LogP contribution in [0.25, 0.3) is 0 Å². The first kappa shape index (κ1) is 17.1. The molecule has 3 aliphatic rings. The Morgan fingerprint density at radius 1 is 1.36 bits per heavy atom. The molecule has 0 aromatic carbocycles. The van der Waals surface area contributed by atoms with Crippen LogP contribution in [0.1, 0.15) is 72.1 Å². The molecule has 1 N–H and O–H groups in total. The molecule has 128 valence electrons. The Balaban J connectivity index is 1.62. The van der Waals surface area contributed by atoms with Gasteiger partial charge in [-0.05, 0) is 63.7 Å². The van der Waals surface area contributed by atoms with E-state index in [9.17, 15) is 5.11 Å². The first-order valence-electron chi connectivity index (χ1n) is 9.12. The zero-order valence-electron chi connectivity index (χ0n) is 14.4. The van der Waals surface area contributed by atoms with Crippen molar-refractivity contribution >= 4 is 9.47 Å². The van der Waals surface area contributed by atoms with Crippen LogP contribution < -0.4 is 0 Å². The van der Waals surface area contributed by atoms with E-state index in [1.54, 1.807) is 0 Å². The largest absolute Gasteiger partial charge is 0.367 e. The molecule has 1 saturated heterocycles. The van der Waals surface area contributed by atoms with Crippen LogP contribution in [0.5, 0.6) is 0 Å². The van der Waals surface area contributed by atoms with E-state index in [2.05, 4.69) is 30.2 Å². The van der Waals surface area contributed by atoms with Gasteiger partial charge in [-0.3, -0.25) is 0 Å². The monoisotopic (exact) mass is 328 g/mol. The average molecular weight is 328 g/mol. The Morgan fingerprint density at radius 2 is 2.14 bits per heavy atom. The Kier molecular flexibility index (Phi) is 4.92. The highest BCUT2D eigenvalue weighted by molar-refractivity contribution is 7.09. The lowest BCUT2D eigenvalue weighted by Crippen LogP contribution is -2.43. The van der Waals surface area contributed by atoms with Crippen molar-refractivity contribution in [2.45, 2.75) is 90.1 Å². The van der Waals surface area contributed by atoms with Gasteiger partial charge in [-0.1, -0.05) is 26.2 Å². The summed E-state index contributed by atoms with van der Waals surface area (Å²) < 4.78 is 11.4. The van der Waals surface area contributed by atoms with Crippen molar-refractivity contribution in [1.82, 2.24) is 0 Å². The summed E-state index contributed by atoms with van der Waals surface area (Å²) in [4.78, 5) is 0. The average Bonchev–Trinajstić information content (AvgIpc) is 2.93. The van der Waals surface area contributed by atoms with Gasteiger partial charge in [0.2, 0.25) is 0 Å². The van der Waals surface area contributed by atoms with E-state index in [1.165, 1.54) is 38.5 Å². The summed E-state index contributed by atoms with van der Waals surface area (Å²) in [6.45, 7) is 6.69. The van der Waals surface area contributed by atoms with Gasteiger partial charge in [0, 0.05) is 14.9 Å². The van der Waals surface area contributed by atoms with Crippen molar-refractivity contribution < 1.29 is 14.4 Å². The van der Waals surface area contributed by atoms with Crippen molar-refractivity contribution in [3.05, 3.63) is 0 Å². The van der Waals surface area contributed by atoms with Crippen LogP contribution in [0.2, 0.25) is 0 Å². The molecular formula is C18H33O3P. The minimum atomic E-state index is -0.508. The summed E-state index contributed by atoms with van der Waals surface area (Å²) in [5, 5.41) is 10.6. The van der Waals surface area contributed by atoms with Gasteiger partial charge in [0.25, 0.3) is 0 Å². The Hall–Kier alpha value is 0.310. The highest BCUT2D eigenvalue weighted by atomic mass is 31.0. The summed E-state index contributed by atoms with van der Waals surface area (Å²) in [7, 11) is 2.39. The fourth-order valence-corrected chi connectivity index (χ4v) is 5.87. The number of rotatable bonds is 6. The normalized spacial score (nSPS) is 42.4. The van der Waals surface area contributed by atoms with E-state index in [0.717, 1.165) is 12.8 Å². The molecule has 2 saturated carbocycles. The molecule has 2 aliphatic carbocycles. The molecule has 0 aromatic rings. The second-order valence-electron chi connectivity index (χ2n) is 8.57. The maximum absolute atomic E-state index is 10.6. The maximum Gasteiger partial charge on any atom is 0.161 e. The summed E-state index contributed by atoms with van der Waals surface area (Å²) in [5.74, 6) is 1.92. The lowest BCUT2D eigenvalue weighted by Gasteiger charge is -2.42. The van der Waals surface area contributed by atoms with Gasteiger partial charge in [0.05, 0.1) is 11.7 Å². The Labute approximate surface area is 137 Å². The van der Waals surface area contributed by atoms with E-state index in [4.69, 9.17) is 9.26 Å². The summed E-state index contributed by atoms with van der Waals surface area (Å²) in [6.07, 6.45) is 9.45. The van der Waals surface area contributed by atoms with Crippen LogP contribution in [0, 0.1) is 23.2 Å². The molecule has 3 fully saturated rings. The van der Waals surface area contributed by atoms with Gasteiger partial charge in [-0.2, -0.15) is 0 Å². The summed E-state index contributed by atoms with van der Waals surface area (Å²) >= 11 is 0. The van der Waals surface area contributed by atoms with Gasteiger partial charge < -0.3 is 14.4 Å². The number of aliphatic hydroxyl groups is 1. The third kappa shape index (κ3) is 2.77. The van der Waals surface area contributed by atoms with Crippen LogP contribution in [0.15, 0.2) is 0 Å². The molecule has 0 amide bonds. The first-order valence-corrected chi connectivity index (χ1v) is 9.59. The number of ether oxygens (including phenoxy) is 1. The van der Waals surface area contributed by atoms with Crippen molar-refractivity contribution in [3.63, 3.8) is 0 Å². The van der Waals surface area contributed by atoms with E-state index >= 15 is 0 Å². The topological polar surface area (TPSA) is 38.7 Å². The molecule has 1 aliphatic heterocycles. The molecule has 5 unspecified atom stereocenters. The second-order valence-corrected chi connectivity index (χ2v) is 8.80. The molecule has 4 heteroatoms. The van der Waals surface area contributed by atoms with Crippen LogP contribution >= 0.6 is 9.47 Å². The van der Waals surface area contributed by atoms with Crippen LogP contribution in [0.4, 0.5) is 0 Å². The SMILES string of the molecule is CC(CCCC(C)(C)OP)[C@H]1CCC2C3CCC[C@@]21C(O)O3. The van der Waals surface area contributed by atoms with Crippen molar-refractivity contribution in [1.29, 1.82) is 0 Å². The lowest BCUT2D eigenvalue weighted by atomic mass is 9.61. The van der Waals surface area contributed by atoms with Crippen LogP contribution in [-0.4, -0.2) is 23.1 Å². The summed E-state index contributed by atoms with van der Waals surface area (Å²) in [6, 6.07) is 0. The predicted molar refractivity (Wildman–Crippen MR) is 91.3 cm³/mol. The van der Waals surface area contributed by atoms with E-state index in [-0.39, 0.29) is 11.0 Å². The third-order valence-corrected chi connectivity index (χ3v) is 7.56. The maximum atomic E-state index is 10.6. The third-order valence-electron chi connectivity index (χ3n) is 6.92. The fourth-order valence-electron chi connectivity index (χ4n) is 5.75. The molecule has 0 aromatic heterocycles. The Morgan fingerprint density at radius 3 is 2.86 bits per heavy atom. The van der Waals surface area contributed by atoms with Gasteiger partial charge in [0.1, 0.15) is 0 Å². The van der Waals surface area contributed by atoms with Crippen molar-refractivity contribution in [2.24, 2.45) is 23.2 Å². The highest BCUT2D eigenvalue weighted by Gasteiger charge is 2.64. The molecule has 0 spiro atoms. The zero-order valence-corrected chi connectivity index (χ0v) is 15.5. The zero-order chi connectivity index (χ0) is 16.0. The standard InChI is InChI=1S/C18H33O3P/c1-12(6-4-10-17(2,3)21-22)13-8-9-14-15-7-5-11-18(13,14)16(19)20-15/h12-16,19H,4-11,22H2,1-3H3/t12?,13-,14?,15?,16?,18+/m1/s1. The first-order chi connectivity index (χ1) is 10.4. The molecule has 3 rings (SSSR count). The highest BCUT2D eigenvalue weighted by Crippen LogP contribution is 2.64. The second kappa shape index (κ2) is 6.31. The van der Waals surface area contributed by atoms with Gasteiger partial charge in [-0.15, -0.1) is 0 Å². The molecule has 22 heavy (non-hydrogen) atoms. The molecular weight excluding hydrogens is 295 g/mol. The van der Waals surface area contributed by atoms with Crippen LogP contribution in [-0.2, 0) is 9.26 Å². The minimum absolute atomic E-state index is 0.0488. The van der Waals surface area contributed by atoms with E-state index < -0.39 is 6.29 Å². The number of hydrogen-bond acceptors (Lipinski definition) is 3. The smallest absolute Gasteiger partial charge is 0.161 e. The molecule has 3 nitrogen and oxygen atoms in total. The lowest BCUT2D eigenvalue weighted by molar-refractivity contribution is -0.148. The predicted octanol–water partition coefficient (Wildman–Crippen LogP) is 4.29. The molecule has 0 radical (unpaired) electrons. The molecule has 1 heterocycles. The number of hydrogen-bond donors (Lipinski definition) is 1. The Bertz CT molecular complexity index is 400. The molecule has 2 bridgehead atoms. The van der Waals surface area contributed by atoms with Gasteiger partial charge in [0.15, 0.2) is 6.29 Å². The van der Waals surface area contributed by atoms with Crippen molar-refractivity contribution in [3.8, 4) is 0 Å². The van der Waals surface area contributed by atoms with E-state index in [1.807, 2.05) is 0 Å². The van der Waals surface area contributed by atoms with E-state index in [0.29, 0.717) is 23.9 Å². The number of aliphatic hydroxyl groups excluding tert-OH is 1. The fraction of sp³-hybridized carbons (Fsp3) is 1.00. The van der Waals surface area contributed by atoms with Crippen LogP contribution in [0.3, 0.4) is 0 Å². The molecule has 7 atom stereocenters. The minimum Gasteiger partial charge on any atom is -0.367 e. The summed E-state index contributed by atoms with van der Waals surface area (Å²) in [5.41, 5.74) is 0.0295. The van der Waals surface area contributed by atoms with Crippen molar-refractivity contribution in [2.75, 3.05) is 0 Å².